The number of hydrogen-bond donors (Lipinski definition) is 1. The number of hydrogen-bond acceptors (Lipinski definition) is 7. The molecule has 144 valence electrons. The summed E-state index contributed by atoms with van der Waals surface area (Å²) in [4.78, 5) is 12.2. The third kappa shape index (κ3) is 3.74. The van der Waals surface area contributed by atoms with Gasteiger partial charge in [0.25, 0.3) is 5.22 Å². The van der Waals surface area contributed by atoms with E-state index in [1.165, 1.54) is 11.8 Å². The molecule has 3 aromatic carbocycles. The zero-order valence-corrected chi connectivity index (χ0v) is 15.9. The Morgan fingerprint density at radius 2 is 1.83 bits per heavy atom. The van der Waals surface area contributed by atoms with E-state index in [0.717, 1.165) is 16.3 Å². The van der Waals surface area contributed by atoms with E-state index in [9.17, 15) is 4.79 Å². The smallest absolute Gasteiger partial charge is 0.277 e. The Morgan fingerprint density at radius 3 is 2.76 bits per heavy atom. The van der Waals surface area contributed by atoms with Crippen LogP contribution in [0.25, 0.3) is 22.2 Å². The highest BCUT2D eigenvalue weighted by molar-refractivity contribution is 7.99. The van der Waals surface area contributed by atoms with Gasteiger partial charge in [0.15, 0.2) is 11.5 Å². The van der Waals surface area contributed by atoms with Crippen molar-refractivity contribution < 1.29 is 18.7 Å². The molecule has 0 fully saturated rings. The maximum absolute atomic E-state index is 12.2. The predicted octanol–water partition coefficient (Wildman–Crippen LogP) is 4.35. The number of rotatable bonds is 5. The Bertz CT molecular complexity index is 1210. The first-order valence-electron chi connectivity index (χ1n) is 8.89. The number of amides is 1. The molecule has 0 spiro atoms. The average Bonchev–Trinajstić information content (AvgIpc) is 3.41. The van der Waals surface area contributed by atoms with Crippen molar-refractivity contribution in [1.29, 1.82) is 0 Å². The second kappa shape index (κ2) is 7.48. The van der Waals surface area contributed by atoms with Crippen molar-refractivity contribution in [3.63, 3.8) is 0 Å². The molecule has 0 aliphatic carbocycles. The summed E-state index contributed by atoms with van der Waals surface area (Å²) in [7, 11) is 0. The summed E-state index contributed by atoms with van der Waals surface area (Å²) in [6, 6.07) is 19.3. The Morgan fingerprint density at radius 1 is 0.966 bits per heavy atom. The van der Waals surface area contributed by atoms with Crippen LogP contribution in [0.2, 0.25) is 0 Å². The normalized spacial score (nSPS) is 12.3. The second-order valence-electron chi connectivity index (χ2n) is 6.34. The minimum Gasteiger partial charge on any atom is -0.454 e. The summed E-state index contributed by atoms with van der Waals surface area (Å²) in [5.74, 6) is 1.68. The number of benzene rings is 3. The maximum Gasteiger partial charge on any atom is 0.277 e. The Balaban J connectivity index is 1.22. The summed E-state index contributed by atoms with van der Waals surface area (Å²) in [6.45, 7) is 0.194. The molecule has 1 amide bonds. The van der Waals surface area contributed by atoms with Crippen molar-refractivity contribution in [3.8, 4) is 23.0 Å². The van der Waals surface area contributed by atoms with Crippen molar-refractivity contribution in [3.05, 3.63) is 60.7 Å². The van der Waals surface area contributed by atoms with Crippen LogP contribution in [0.4, 0.5) is 5.69 Å². The molecule has 5 rings (SSSR count). The largest absolute Gasteiger partial charge is 0.454 e. The van der Waals surface area contributed by atoms with Crippen LogP contribution >= 0.6 is 11.8 Å². The fourth-order valence-electron chi connectivity index (χ4n) is 3.01. The van der Waals surface area contributed by atoms with Crippen LogP contribution in [-0.2, 0) is 4.79 Å². The molecule has 0 unspecified atom stereocenters. The van der Waals surface area contributed by atoms with Crippen LogP contribution in [-0.4, -0.2) is 28.7 Å². The zero-order valence-electron chi connectivity index (χ0n) is 15.1. The van der Waals surface area contributed by atoms with Crippen molar-refractivity contribution in [2.45, 2.75) is 5.22 Å². The standard InChI is InChI=1S/C21H15N3O4S/c25-19(22-16-7-8-17-18(10-16)27-12-26-17)11-29-21-24-23-20(28-21)15-6-5-13-3-1-2-4-14(13)9-15/h1-10H,11-12H2,(H,22,25). The van der Waals surface area contributed by atoms with Crippen LogP contribution in [0.3, 0.4) is 0 Å². The fourth-order valence-corrected chi connectivity index (χ4v) is 3.57. The predicted molar refractivity (Wildman–Crippen MR) is 109 cm³/mol. The van der Waals surface area contributed by atoms with E-state index in [-0.39, 0.29) is 18.5 Å². The van der Waals surface area contributed by atoms with Crippen molar-refractivity contribution in [1.82, 2.24) is 10.2 Å². The van der Waals surface area contributed by atoms with Crippen LogP contribution in [0.15, 0.2) is 70.3 Å². The van der Waals surface area contributed by atoms with Gasteiger partial charge in [0.1, 0.15) is 0 Å². The van der Waals surface area contributed by atoms with Gasteiger partial charge in [-0.1, -0.05) is 42.1 Å². The lowest BCUT2D eigenvalue weighted by atomic mass is 10.1. The van der Waals surface area contributed by atoms with Gasteiger partial charge in [0.05, 0.1) is 5.75 Å². The zero-order chi connectivity index (χ0) is 19.6. The summed E-state index contributed by atoms with van der Waals surface area (Å²) in [6.07, 6.45) is 0. The Hall–Kier alpha value is -3.52. The minimum absolute atomic E-state index is 0.147. The molecule has 0 atom stereocenters. The molecule has 1 aliphatic heterocycles. The molecule has 4 aromatic rings. The van der Waals surface area contributed by atoms with E-state index in [2.05, 4.69) is 15.5 Å². The van der Waals surface area contributed by atoms with Gasteiger partial charge < -0.3 is 19.2 Å². The molecule has 1 aromatic heterocycles. The molecule has 0 saturated heterocycles. The highest BCUT2D eigenvalue weighted by Crippen LogP contribution is 2.34. The number of nitrogens with zero attached hydrogens (tertiary/aromatic N) is 2. The molecule has 0 radical (unpaired) electrons. The molecule has 0 bridgehead atoms. The summed E-state index contributed by atoms with van der Waals surface area (Å²) in [5.41, 5.74) is 1.48. The van der Waals surface area contributed by atoms with E-state index >= 15 is 0 Å². The van der Waals surface area contributed by atoms with E-state index in [0.29, 0.717) is 28.3 Å². The molecule has 1 N–H and O–H groups in total. The molecular weight excluding hydrogens is 390 g/mol. The molecule has 29 heavy (non-hydrogen) atoms. The first-order chi connectivity index (χ1) is 14.2. The van der Waals surface area contributed by atoms with Gasteiger partial charge in [0, 0.05) is 17.3 Å². The van der Waals surface area contributed by atoms with Crippen molar-refractivity contribution >= 4 is 34.1 Å². The monoisotopic (exact) mass is 405 g/mol. The Labute approximate surface area is 170 Å². The van der Waals surface area contributed by atoms with Gasteiger partial charge in [-0.15, -0.1) is 10.2 Å². The average molecular weight is 405 g/mol. The number of thioether (sulfide) groups is 1. The van der Waals surface area contributed by atoms with Crippen LogP contribution in [0.1, 0.15) is 0 Å². The summed E-state index contributed by atoms with van der Waals surface area (Å²) < 4.78 is 16.3. The number of ether oxygens (including phenoxy) is 2. The minimum atomic E-state index is -0.181. The molecule has 7 nitrogen and oxygen atoms in total. The van der Waals surface area contributed by atoms with Gasteiger partial charge >= 0.3 is 0 Å². The van der Waals surface area contributed by atoms with E-state index in [4.69, 9.17) is 13.9 Å². The Kier molecular flexibility index (Phi) is 4.53. The topological polar surface area (TPSA) is 86.5 Å². The highest BCUT2D eigenvalue weighted by atomic mass is 32.2. The maximum atomic E-state index is 12.2. The van der Waals surface area contributed by atoms with E-state index in [1.807, 2.05) is 42.5 Å². The van der Waals surface area contributed by atoms with Crippen LogP contribution in [0, 0.1) is 0 Å². The first kappa shape index (κ1) is 17.6. The van der Waals surface area contributed by atoms with Crippen molar-refractivity contribution in [2.24, 2.45) is 0 Å². The lowest BCUT2D eigenvalue weighted by Crippen LogP contribution is -2.13. The van der Waals surface area contributed by atoms with Crippen LogP contribution < -0.4 is 14.8 Å². The summed E-state index contributed by atoms with van der Waals surface area (Å²) in [5, 5.41) is 13.5. The van der Waals surface area contributed by atoms with Gasteiger partial charge in [-0.2, -0.15) is 0 Å². The molecule has 8 heteroatoms. The number of anilines is 1. The summed E-state index contributed by atoms with van der Waals surface area (Å²) >= 11 is 1.18. The molecular formula is C21H15N3O4S. The van der Waals surface area contributed by atoms with Gasteiger partial charge in [-0.05, 0) is 35.0 Å². The second-order valence-corrected chi connectivity index (χ2v) is 7.27. The van der Waals surface area contributed by atoms with Gasteiger partial charge in [0.2, 0.25) is 18.6 Å². The van der Waals surface area contributed by atoms with Gasteiger partial charge in [-0.3, -0.25) is 4.79 Å². The van der Waals surface area contributed by atoms with Gasteiger partial charge in [-0.25, -0.2) is 0 Å². The van der Waals surface area contributed by atoms with E-state index in [1.54, 1.807) is 18.2 Å². The quantitative estimate of drug-likeness (QED) is 0.494. The first-order valence-corrected chi connectivity index (χ1v) is 9.88. The fraction of sp³-hybridized carbons (Fsp3) is 0.0952. The van der Waals surface area contributed by atoms with Crippen molar-refractivity contribution in [2.75, 3.05) is 17.9 Å². The highest BCUT2D eigenvalue weighted by Gasteiger charge is 2.15. The number of carbonyl (C=O) groups excluding carboxylic acids is 1. The molecule has 0 saturated carbocycles. The third-order valence-corrected chi connectivity index (χ3v) is 5.20. The SMILES string of the molecule is O=C(CSc1nnc(-c2ccc3ccccc3c2)o1)Nc1ccc2c(c1)OCO2. The molecule has 2 heterocycles. The van der Waals surface area contributed by atoms with E-state index < -0.39 is 0 Å². The number of aromatic nitrogens is 2. The molecule has 1 aliphatic rings. The lowest BCUT2D eigenvalue weighted by Gasteiger charge is -2.05. The number of carbonyl (C=O) groups is 1. The van der Waals surface area contributed by atoms with Crippen LogP contribution in [0.5, 0.6) is 11.5 Å². The lowest BCUT2D eigenvalue weighted by molar-refractivity contribution is -0.113. The third-order valence-electron chi connectivity index (χ3n) is 4.39. The number of nitrogens with one attached hydrogen (secondary N) is 1. The number of fused-ring (bicyclic) bond motifs is 2.